The molecular formula is C15H8F3N7. The van der Waals surface area contributed by atoms with Gasteiger partial charge in [0, 0.05) is 30.4 Å². The van der Waals surface area contributed by atoms with Crippen molar-refractivity contribution >= 4 is 17.0 Å². The second kappa shape index (κ2) is 5.76. The fourth-order valence-corrected chi connectivity index (χ4v) is 2.22. The highest BCUT2D eigenvalue weighted by Crippen LogP contribution is 2.34. The first-order valence-corrected chi connectivity index (χ1v) is 6.80. The van der Waals surface area contributed by atoms with Crippen molar-refractivity contribution in [1.82, 2.24) is 19.9 Å². The first-order chi connectivity index (χ1) is 11.8. The summed E-state index contributed by atoms with van der Waals surface area (Å²) >= 11 is 0. The maximum Gasteiger partial charge on any atom is 0.417 e. The number of aromatic nitrogens is 4. The summed E-state index contributed by atoms with van der Waals surface area (Å²) < 4.78 is 38.8. The first kappa shape index (κ1) is 16.2. The molecule has 0 bridgehead atoms. The molecule has 7 nitrogen and oxygen atoms in total. The lowest BCUT2D eigenvalue weighted by Gasteiger charge is -2.09. The molecule has 3 aromatic rings. The molecule has 0 aliphatic carbocycles. The van der Waals surface area contributed by atoms with Crippen LogP contribution < -0.4 is 4.90 Å². The molecule has 0 radical (unpaired) electrons. The topological polar surface area (TPSA) is 105 Å². The molecule has 0 unspecified atom stereocenters. The minimum Gasteiger partial charge on any atom is -0.345 e. The molecule has 0 saturated carbocycles. The minimum atomic E-state index is -4.55. The summed E-state index contributed by atoms with van der Waals surface area (Å²) in [5, 5.41) is 18.3. The third-order valence-electron chi connectivity index (χ3n) is 3.46. The Balaban J connectivity index is 2.26. The highest BCUT2D eigenvalue weighted by Gasteiger charge is 2.31. The Bertz CT molecular complexity index is 1040. The van der Waals surface area contributed by atoms with Crippen molar-refractivity contribution in [2.75, 3.05) is 11.9 Å². The van der Waals surface area contributed by atoms with Crippen molar-refractivity contribution in [2.24, 2.45) is 0 Å². The summed E-state index contributed by atoms with van der Waals surface area (Å²) in [6, 6.07) is 2.83. The van der Waals surface area contributed by atoms with Crippen molar-refractivity contribution in [3.8, 4) is 23.5 Å². The molecule has 0 atom stereocenters. The molecule has 1 N–H and O–H groups in total. The summed E-state index contributed by atoms with van der Waals surface area (Å²) in [6.07, 6.45) is 0.616. The predicted molar refractivity (Wildman–Crippen MR) is 80.9 cm³/mol. The summed E-state index contributed by atoms with van der Waals surface area (Å²) in [6.45, 7) is 0. The van der Waals surface area contributed by atoms with E-state index in [1.54, 1.807) is 0 Å². The van der Waals surface area contributed by atoms with Crippen LogP contribution in [-0.4, -0.2) is 27.0 Å². The summed E-state index contributed by atoms with van der Waals surface area (Å²) in [4.78, 5) is 15.6. The molecule has 0 aliphatic rings. The van der Waals surface area contributed by atoms with Crippen LogP contribution in [0.3, 0.4) is 0 Å². The van der Waals surface area contributed by atoms with Gasteiger partial charge in [0.05, 0.1) is 23.0 Å². The molecule has 0 aromatic carbocycles. The Hall–Kier alpha value is -3.66. The summed E-state index contributed by atoms with van der Waals surface area (Å²) in [5.41, 5.74) is -0.251. The molecule has 0 fully saturated rings. The quantitative estimate of drug-likeness (QED) is 0.566. The minimum absolute atomic E-state index is 0.0192. The average Bonchev–Trinajstić information content (AvgIpc) is 3.02. The van der Waals surface area contributed by atoms with E-state index in [1.807, 2.05) is 12.3 Å². The number of nitriles is 2. The van der Waals surface area contributed by atoms with Gasteiger partial charge in [-0.05, 0) is 6.07 Å². The lowest BCUT2D eigenvalue weighted by molar-refractivity contribution is -0.137. The van der Waals surface area contributed by atoms with E-state index >= 15 is 0 Å². The maximum atomic E-state index is 12.9. The van der Waals surface area contributed by atoms with Gasteiger partial charge in [-0.3, -0.25) is 4.90 Å². The van der Waals surface area contributed by atoms with Gasteiger partial charge < -0.3 is 4.98 Å². The zero-order valence-electron chi connectivity index (χ0n) is 12.6. The fourth-order valence-electron chi connectivity index (χ4n) is 2.22. The number of alkyl halides is 3. The third-order valence-corrected chi connectivity index (χ3v) is 3.46. The van der Waals surface area contributed by atoms with Crippen LogP contribution in [0.2, 0.25) is 0 Å². The van der Waals surface area contributed by atoms with Crippen LogP contribution in [0.15, 0.2) is 24.7 Å². The van der Waals surface area contributed by atoms with Gasteiger partial charge >= 0.3 is 6.18 Å². The van der Waals surface area contributed by atoms with E-state index < -0.39 is 11.7 Å². The lowest BCUT2D eigenvalue weighted by Crippen LogP contribution is -2.12. The zero-order valence-corrected chi connectivity index (χ0v) is 12.6. The average molecular weight is 343 g/mol. The van der Waals surface area contributed by atoms with E-state index in [2.05, 4.69) is 19.9 Å². The number of halogens is 3. The van der Waals surface area contributed by atoms with Gasteiger partial charge in [-0.15, -0.1) is 0 Å². The van der Waals surface area contributed by atoms with E-state index in [1.165, 1.54) is 19.4 Å². The van der Waals surface area contributed by atoms with Crippen molar-refractivity contribution in [2.45, 2.75) is 6.18 Å². The number of aromatic amines is 1. The van der Waals surface area contributed by atoms with Crippen LogP contribution in [0, 0.1) is 22.8 Å². The number of H-pyrrole nitrogens is 1. The molecule has 0 spiro atoms. The van der Waals surface area contributed by atoms with Crippen LogP contribution in [0.5, 0.6) is 0 Å². The molecule has 10 heteroatoms. The predicted octanol–water partition coefficient (Wildman–Crippen LogP) is 2.83. The number of pyridine rings is 1. The fraction of sp³-hybridized carbons (Fsp3) is 0.133. The number of nitrogens with zero attached hydrogens (tertiary/aromatic N) is 6. The Morgan fingerprint density at radius 1 is 1.20 bits per heavy atom. The van der Waals surface area contributed by atoms with E-state index in [-0.39, 0.29) is 33.8 Å². The highest BCUT2D eigenvalue weighted by molar-refractivity contribution is 5.94. The molecule has 0 aliphatic heterocycles. The molecule has 3 aromatic heterocycles. The van der Waals surface area contributed by atoms with Gasteiger partial charge in [-0.2, -0.15) is 23.7 Å². The third kappa shape index (κ3) is 2.81. The van der Waals surface area contributed by atoms with E-state index in [0.717, 1.165) is 17.2 Å². The normalized spacial score (nSPS) is 11.1. The zero-order chi connectivity index (χ0) is 18.2. The van der Waals surface area contributed by atoms with Crippen LogP contribution >= 0.6 is 0 Å². The highest BCUT2D eigenvalue weighted by atomic mass is 19.4. The number of nitrogens with one attached hydrogen (secondary N) is 1. The van der Waals surface area contributed by atoms with Gasteiger partial charge in [0.1, 0.15) is 11.7 Å². The Labute approximate surface area is 139 Å². The number of hydrogen-bond acceptors (Lipinski definition) is 6. The number of anilines is 1. The summed E-state index contributed by atoms with van der Waals surface area (Å²) in [7, 11) is 1.42. The largest absolute Gasteiger partial charge is 0.417 e. The van der Waals surface area contributed by atoms with Crippen LogP contribution in [-0.2, 0) is 6.18 Å². The molecule has 25 heavy (non-hydrogen) atoms. The Morgan fingerprint density at radius 2 is 1.96 bits per heavy atom. The van der Waals surface area contributed by atoms with Gasteiger partial charge in [0.2, 0.25) is 5.95 Å². The molecular weight excluding hydrogens is 335 g/mol. The maximum absolute atomic E-state index is 12.9. The number of rotatable bonds is 2. The monoisotopic (exact) mass is 343 g/mol. The summed E-state index contributed by atoms with van der Waals surface area (Å²) in [5.74, 6) is 0.0192. The van der Waals surface area contributed by atoms with Gasteiger partial charge in [0.25, 0.3) is 0 Å². The second-order valence-corrected chi connectivity index (χ2v) is 5.02. The van der Waals surface area contributed by atoms with Crippen LogP contribution in [0.1, 0.15) is 11.1 Å². The molecule has 124 valence electrons. The molecule has 0 saturated heterocycles. The van der Waals surface area contributed by atoms with Crippen molar-refractivity contribution in [3.63, 3.8) is 0 Å². The SMILES string of the molecule is CN(C#N)c1ncc(C#N)c(-c2c[nH]c3ncc(C(F)(F)F)cc23)n1. The van der Waals surface area contributed by atoms with Crippen LogP contribution in [0.4, 0.5) is 19.1 Å². The Kier molecular flexibility index (Phi) is 3.73. The van der Waals surface area contributed by atoms with Crippen molar-refractivity contribution < 1.29 is 13.2 Å². The smallest absolute Gasteiger partial charge is 0.345 e. The molecule has 3 rings (SSSR count). The first-order valence-electron chi connectivity index (χ1n) is 6.80. The number of hydrogen-bond donors (Lipinski definition) is 1. The second-order valence-electron chi connectivity index (χ2n) is 5.02. The molecule has 0 amide bonds. The van der Waals surface area contributed by atoms with Gasteiger partial charge in [-0.1, -0.05) is 0 Å². The standard InChI is InChI=1S/C15H8F3N7/c1-25(7-20)14-23-4-8(3-19)12(24-14)11-6-22-13-10(11)2-9(5-21-13)15(16,17)18/h2,4-6H,1H3,(H,21,22). The van der Waals surface area contributed by atoms with Crippen LogP contribution in [0.25, 0.3) is 22.3 Å². The van der Waals surface area contributed by atoms with Gasteiger partial charge in [0.15, 0.2) is 6.19 Å². The van der Waals surface area contributed by atoms with E-state index in [0.29, 0.717) is 0 Å². The molecule has 3 heterocycles. The van der Waals surface area contributed by atoms with E-state index in [4.69, 9.17) is 5.26 Å². The Morgan fingerprint density at radius 3 is 2.60 bits per heavy atom. The number of fused-ring (bicyclic) bond motifs is 1. The van der Waals surface area contributed by atoms with Crippen molar-refractivity contribution in [1.29, 1.82) is 10.5 Å². The van der Waals surface area contributed by atoms with E-state index in [9.17, 15) is 18.4 Å². The van der Waals surface area contributed by atoms with Gasteiger partial charge in [-0.25, -0.2) is 15.0 Å². The van der Waals surface area contributed by atoms with Crippen molar-refractivity contribution in [3.05, 3.63) is 35.8 Å². The lowest BCUT2D eigenvalue weighted by atomic mass is 10.1.